The molecule has 3 aromatic rings. The number of halogens is 1. The van der Waals surface area contributed by atoms with Crippen molar-refractivity contribution >= 4 is 38.9 Å². The molecule has 9 nitrogen and oxygen atoms in total. The number of piperazine rings is 1. The van der Waals surface area contributed by atoms with Crippen LogP contribution in [0, 0.1) is 5.82 Å². The average Bonchev–Trinajstić information content (AvgIpc) is 2.92. The first kappa shape index (κ1) is 26.9. The first-order valence-corrected chi connectivity index (χ1v) is 13.4. The van der Waals surface area contributed by atoms with E-state index in [0.29, 0.717) is 43.3 Å². The lowest BCUT2D eigenvalue weighted by Gasteiger charge is -2.37. The van der Waals surface area contributed by atoms with Crippen LogP contribution in [0.3, 0.4) is 0 Å². The number of hydrogen-bond donors (Lipinski definition) is 1. The van der Waals surface area contributed by atoms with Gasteiger partial charge in [0.05, 0.1) is 17.7 Å². The second-order valence-corrected chi connectivity index (χ2v) is 10.6. The van der Waals surface area contributed by atoms with Gasteiger partial charge in [0, 0.05) is 44.5 Å². The molecule has 0 bridgehead atoms. The molecular weight excluding hydrogens is 511 g/mol. The lowest BCUT2D eigenvalue weighted by atomic mass is 10.2. The van der Waals surface area contributed by atoms with Gasteiger partial charge in [-0.1, -0.05) is 0 Å². The van der Waals surface area contributed by atoms with Crippen LogP contribution in [0.15, 0.2) is 77.7 Å². The Kier molecular flexibility index (Phi) is 8.16. The quantitative estimate of drug-likeness (QED) is 0.471. The van der Waals surface area contributed by atoms with Crippen molar-refractivity contribution in [3.8, 4) is 5.75 Å². The number of carbonyl (C=O) groups excluding carboxylic acids is 2. The standard InChI is InChI=1S/C27H29FN4O5S/c1-20(33)29-22-5-13-26(14-6-22)38(35,36)32(24-9-11-25(37-2)12-10-24)19-27(34)31-17-15-30(16-18-31)23-7-3-21(28)4-8-23/h3-14H,15-19H2,1-2H3,(H,29,33). The number of ether oxygens (including phenoxy) is 1. The van der Waals surface area contributed by atoms with Crippen LogP contribution >= 0.6 is 0 Å². The van der Waals surface area contributed by atoms with Gasteiger partial charge in [-0.05, 0) is 72.8 Å². The zero-order valence-electron chi connectivity index (χ0n) is 21.1. The lowest BCUT2D eigenvalue weighted by molar-refractivity contribution is -0.129. The maximum atomic E-state index is 13.7. The van der Waals surface area contributed by atoms with Crippen LogP contribution in [-0.4, -0.2) is 65.0 Å². The Balaban J connectivity index is 1.53. The molecule has 0 radical (unpaired) electrons. The molecule has 0 spiro atoms. The predicted octanol–water partition coefficient (Wildman–Crippen LogP) is 3.34. The summed E-state index contributed by atoms with van der Waals surface area (Å²) in [5, 5.41) is 2.61. The lowest BCUT2D eigenvalue weighted by Crippen LogP contribution is -2.52. The van der Waals surface area contributed by atoms with E-state index in [-0.39, 0.29) is 22.5 Å². The van der Waals surface area contributed by atoms with Crippen LogP contribution in [-0.2, 0) is 19.6 Å². The Hall–Kier alpha value is -4.12. The second-order valence-electron chi connectivity index (χ2n) is 8.76. The summed E-state index contributed by atoms with van der Waals surface area (Å²) >= 11 is 0. The number of amides is 2. The summed E-state index contributed by atoms with van der Waals surface area (Å²) in [6.07, 6.45) is 0. The van der Waals surface area contributed by atoms with Crippen molar-refractivity contribution in [3.05, 3.63) is 78.6 Å². The third-order valence-corrected chi connectivity index (χ3v) is 8.01. The van der Waals surface area contributed by atoms with Crippen molar-refractivity contribution in [2.24, 2.45) is 0 Å². The van der Waals surface area contributed by atoms with Gasteiger partial charge in [0.1, 0.15) is 18.1 Å². The molecule has 11 heteroatoms. The molecule has 1 N–H and O–H groups in total. The highest BCUT2D eigenvalue weighted by Crippen LogP contribution is 2.27. The minimum atomic E-state index is -4.12. The number of benzene rings is 3. The van der Waals surface area contributed by atoms with Crippen LogP contribution in [0.5, 0.6) is 5.75 Å². The molecule has 200 valence electrons. The monoisotopic (exact) mass is 540 g/mol. The van der Waals surface area contributed by atoms with Crippen LogP contribution < -0.4 is 19.3 Å². The van der Waals surface area contributed by atoms with Gasteiger partial charge >= 0.3 is 0 Å². The Labute approximate surface area is 221 Å². The number of rotatable bonds is 8. The molecular formula is C27H29FN4O5S. The summed E-state index contributed by atoms with van der Waals surface area (Å²) in [6, 6.07) is 18.4. The van der Waals surface area contributed by atoms with Crippen molar-refractivity contribution in [3.63, 3.8) is 0 Å². The number of nitrogens with zero attached hydrogens (tertiary/aromatic N) is 3. The fraction of sp³-hybridized carbons (Fsp3) is 0.259. The molecule has 1 fully saturated rings. The number of methoxy groups -OCH3 is 1. The number of sulfonamides is 1. The summed E-state index contributed by atoms with van der Waals surface area (Å²) in [5.74, 6) is -0.371. The molecule has 1 saturated heterocycles. The van der Waals surface area contributed by atoms with Gasteiger partial charge in [0.15, 0.2) is 0 Å². The zero-order chi connectivity index (χ0) is 27.3. The summed E-state index contributed by atoms with van der Waals surface area (Å²) < 4.78 is 46.9. The predicted molar refractivity (Wildman–Crippen MR) is 143 cm³/mol. The molecule has 1 aliphatic rings. The molecule has 38 heavy (non-hydrogen) atoms. The summed E-state index contributed by atoms with van der Waals surface area (Å²) in [7, 11) is -2.61. The molecule has 0 atom stereocenters. The van der Waals surface area contributed by atoms with Gasteiger partial charge in [-0.25, -0.2) is 12.8 Å². The van der Waals surface area contributed by atoms with E-state index >= 15 is 0 Å². The molecule has 0 saturated carbocycles. The molecule has 4 rings (SSSR count). The molecule has 1 aliphatic heterocycles. The number of anilines is 3. The third kappa shape index (κ3) is 6.23. The smallest absolute Gasteiger partial charge is 0.264 e. The molecule has 0 aliphatic carbocycles. The second kappa shape index (κ2) is 11.5. The molecule has 2 amide bonds. The van der Waals surface area contributed by atoms with E-state index in [0.717, 1.165) is 9.99 Å². The van der Waals surface area contributed by atoms with Gasteiger partial charge in [-0.3, -0.25) is 13.9 Å². The van der Waals surface area contributed by atoms with E-state index in [1.807, 2.05) is 0 Å². The van der Waals surface area contributed by atoms with Gasteiger partial charge in [0.25, 0.3) is 10.0 Å². The maximum Gasteiger partial charge on any atom is 0.264 e. The fourth-order valence-corrected chi connectivity index (χ4v) is 5.61. The van der Waals surface area contributed by atoms with E-state index in [1.54, 1.807) is 41.3 Å². The Morgan fingerprint density at radius 3 is 2.08 bits per heavy atom. The highest BCUT2D eigenvalue weighted by Gasteiger charge is 2.30. The summed E-state index contributed by atoms with van der Waals surface area (Å²) in [4.78, 5) is 28.3. The normalized spacial score (nSPS) is 13.7. The SMILES string of the molecule is COc1ccc(N(CC(=O)N2CCN(c3ccc(F)cc3)CC2)S(=O)(=O)c2ccc(NC(C)=O)cc2)cc1. The van der Waals surface area contributed by atoms with Crippen molar-refractivity contribution in [2.45, 2.75) is 11.8 Å². The van der Waals surface area contributed by atoms with E-state index in [2.05, 4.69) is 10.2 Å². The van der Waals surface area contributed by atoms with Crippen LogP contribution in [0.4, 0.5) is 21.5 Å². The highest BCUT2D eigenvalue weighted by atomic mass is 32.2. The van der Waals surface area contributed by atoms with Crippen LogP contribution in [0.1, 0.15) is 6.92 Å². The van der Waals surface area contributed by atoms with Gasteiger partial charge in [-0.15, -0.1) is 0 Å². The van der Waals surface area contributed by atoms with Crippen LogP contribution in [0.25, 0.3) is 0 Å². The van der Waals surface area contributed by atoms with E-state index in [9.17, 15) is 22.4 Å². The largest absolute Gasteiger partial charge is 0.497 e. The molecule has 1 heterocycles. The molecule has 0 unspecified atom stereocenters. The Morgan fingerprint density at radius 2 is 1.53 bits per heavy atom. The maximum absolute atomic E-state index is 13.7. The fourth-order valence-electron chi connectivity index (χ4n) is 4.19. The van der Waals surface area contributed by atoms with Gasteiger partial charge in [0.2, 0.25) is 11.8 Å². The zero-order valence-corrected chi connectivity index (χ0v) is 21.9. The van der Waals surface area contributed by atoms with Crippen molar-refractivity contribution in [2.75, 3.05) is 54.4 Å². The minimum Gasteiger partial charge on any atom is -0.497 e. The number of hydrogen-bond acceptors (Lipinski definition) is 6. The van der Waals surface area contributed by atoms with E-state index in [4.69, 9.17) is 4.74 Å². The average molecular weight is 541 g/mol. The number of carbonyl (C=O) groups is 2. The first-order valence-electron chi connectivity index (χ1n) is 12.0. The number of nitrogens with one attached hydrogen (secondary N) is 1. The van der Waals surface area contributed by atoms with Crippen LogP contribution in [0.2, 0.25) is 0 Å². The minimum absolute atomic E-state index is 0.0173. The van der Waals surface area contributed by atoms with E-state index in [1.165, 1.54) is 50.4 Å². The highest BCUT2D eigenvalue weighted by molar-refractivity contribution is 7.92. The first-order chi connectivity index (χ1) is 18.2. The Morgan fingerprint density at radius 1 is 0.921 bits per heavy atom. The Bertz CT molecular complexity index is 1370. The van der Waals surface area contributed by atoms with Gasteiger partial charge in [-0.2, -0.15) is 0 Å². The molecule has 3 aromatic carbocycles. The van der Waals surface area contributed by atoms with Crippen molar-refractivity contribution in [1.29, 1.82) is 0 Å². The third-order valence-electron chi connectivity index (χ3n) is 6.23. The summed E-state index contributed by atoms with van der Waals surface area (Å²) in [5.41, 5.74) is 1.64. The van der Waals surface area contributed by atoms with Crippen molar-refractivity contribution in [1.82, 2.24) is 4.90 Å². The van der Waals surface area contributed by atoms with Crippen molar-refractivity contribution < 1.29 is 27.1 Å². The molecule has 0 aromatic heterocycles. The van der Waals surface area contributed by atoms with Gasteiger partial charge < -0.3 is 19.9 Å². The topological polar surface area (TPSA) is 99.3 Å². The summed E-state index contributed by atoms with van der Waals surface area (Å²) in [6.45, 7) is 2.85. The van der Waals surface area contributed by atoms with E-state index < -0.39 is 16.6 Å².